The van der Waals surface area contributed by atoms with Gasteiger partial charge in [0.2, 0.25) is 0 Å². The van der Waals surface area contributed by atoms with Crippen LogP contribution in [0.3, 0.4) is 0 Å². The van der Waals surface area contributed by atoms with Crippen LogP contribution in [-0.2, 0) is 0 Å². The van der Waals surface area contributed by atoms with Crippen molar-refractivity contribution in [1.29, 1.82) is 0 Å². The summed E-state index contributed by atoms with van der Waals surface area (Å²) in [6.07, 6.45) is 0. The number of nitrogens with one attached hydrogen (secondary N) is 1. The fourth-order valence-electron chi connectivity index (χ4n) is 1.46. The molecule has 90 valence electrons. The molecule has 0 amide bonds. The van der Waals surface area contributed by atoms with E-state index < -0.39 is 0 Å². The van der Waals surface area contributed by atoms with E-state index in [1.165, 1.54) is 0 Å². The average molecular weight is 315 g/mol. The van der Waals surface area contributed by atoms with E-state index in [4.69, 9.17) is 56.8 Å². The first-order valence-electron chi connectivity index (χ1n) is 4.10. The van der Waals surface area contributed by atoms with Crippen LogP contribution in [0.1, 0.15) is 11.1 Å². The van der Waals surface area contributed by atoms with Gasteiger partial charge in [0, 0.05) is 0 Å². The monoisotopic (exact) mass is 313 g/mol. The zero-order chi connectivity index (χ0) is 12.7. The molecule has 0 aliphatic carbocycles. The van der Waals surface area contributed by atoms with Crippen LogP contribution in [0.2, 0.25) is 20.1 Å². The van der Waals surface area contributed by atoms with Gasteiger partial charge >= 0.3 is 0 Å². The van der Waals surface area contributed by atoms with Gasteiger partial charge in [-0.2, -0.15) is 0 Å². The molecule has 1 aliphatic rings. The zero-order valence-corrected chi connectivity index (χ0v) is 10.8. The Hall–Kier alpha value is -0.880. The quantitative estimate of drug-likeness (QED) is 0.298. The predicted molar refractivity (Wildman–Crippen MR) is 66.3 cm³/mol. The molecule has 0 bridgehead atoms. The minimum atomic E-state index is -0.0294. The van der Waals surface area contributed by atoms with Gasteiger partial charge < -0.3 is 15.7 Å². The van der Waals surface area contributed by atoms with E-state index in [9.17, 15) is 0 Å². The third-order valence-electron chi connectivity index (χ3n) is 2.18. The molecule has 1 aromatic rings. The Kier molecular flexibility index (Phi) is 3.27. The van der Waals surface area contributed by atoms with Crippen LogP contribution in [0.4, 0.5) is 0 Å². The van der Waals surface area contributed by atoms with Crippen LogP contribution in [0, 0.1) is 0 Å². The standard InChI is InChI=1S/C8H3Cl4N3O2/c9-3-1-2(4(10)6(12)5(3)11)8(15-17)13-7(1)14-16/h16-17H,(H,13,14,15). The van der Waals surface area contributed by atoms with Crippen molar-refractivity contribution in [1.82, 2.24) is 5.32 Å². The number of amidine groups is 2. The topological polar surface area (TPSA) is 77.2 Å². The van der Waals surface area contributed by atoms with E-state index >= 15 is 0 Å². The molecular weight excluding hydrogens is 312 g/mol. The first-order valence-corrected chi connectivity index (χ1v) is 5.62. The van der Waals surface area contributed by atoms with Gasteiger partial charge in [0.15, 0.2) is 11.7 Å². The van der Waals surface area contributed by atoms with Gasteiger partial charge in [-0.25, -0.2) is 0 Å². The SMILES string of the molecule is O/N=C1\N/C(=N\O)c2c(Cl)c(Cl)c(Cl)c(Cl)c21. The van der Waals surface area contributed by atoms with E-state index in [2.05, 4.69) is 15.6 Å². The van der Waals surface area contributed by atoms with Crippen molar-refractivity contribution in [2.24, 2.45) is 10.3 Å². The molecule has 0 aromatic heterocycles. The van der Waals surface area contributed by atoms with Crippen LogP contribution in [0.25, 0.3) is 0 Å². The number of rotatable bonds is 0. The summed E-state index contributed by atoms with van der Waals surface area (Å²) in [5.74, 6) is -0.0588. The minimum Gasteiger partial charge on any atom is -0.409 e. The molecule has 5 nitrogen and oxygen atoms in total. The number of nitrogens with zero attached hydrogens (tertiary/aromatic N) is 2. The van der Waals surface area contributed by atoms with Crippen LogP contribution < -0.4 is 5.32 Å². The molecule has 0 atom stereocenters. The van der Waals surface area contributed by atoms with Crippen molar-refractivity contribution in [2.75, 3.05) is 0 Å². The number of oxime groups is 2. The molecule has 17 heavy (non-hydrogen) atoms. The summed E-state index contributed by atoms with van der Waals surface area (Å²) >= 11 is 23.7. The summed E-state index contributed by atoms with van der Waals surface area (Å²) in [5, 5.41) is 26.2. The lowest BCUT2D eigenvalue weighted by atomic mass is 10.1. The van der Waals surface area contributed by atoms with Gasteiger partial charge in [-0.15, -0.1) is 0 Å². The van der Waals surface area contributed by atoms with E-state index in [1.807, 2.05) is 0 Å². The third kappa shape index (κ3) is 1.70. The molecule has 0 saturated carbocycles. The Balaban J connectivity index is 2.91. The summed E-state index contributed by atoms with van der Waals surface area (Å²) in [5.41, 5.74) is 0.447. The Bertz CT molecular complexity index is 522. The Morgan fingerprint density at radius 1 is 0.706 bits per heavy atom. The number of hydrogen-bond donors (Lipinski definition) is 3. The van der Waals surface area contributed by atoms with Crippen LogP contribution in [0.5, 0.6) is 0 Å². The second-order valence-electron chi connectivity index (χ2n) is 3.03. The van der Waals surface area contributed by atoms with Gasteiger partial charge in [-0.3, -0.25) is 0 Å². The molecule has 0 spiro atoms. The van der Waals surface area contributed by atoms with Crippen molar-refractivity contribution in [2.45, 2.75) is 0 Å². The smallest absolute Gasteiger partial charge is 0.180 e. The summed E-state index contributed by atoms with van der Waals surface area (Å²) in [7, 11) is 0. The molecule has 0 unspecified atom stereocenters. The summed E-state index contributed by atoms with van der Waals surface area (Å²) in [6.45, 7) is 0. The number of benzene rings is 1. The van der Waals surface area contributed by atoms with E-state index in [0.717, 1.165) is 0 Å². The lowest BCUT2D eigenvalue weighted by molar-refractivity contribution is 0.315. The predicted octanol–water partition coefficient (Wildman–Crippen LogP) is 3.18. The highest BCUT2D eigenvalue weighted by molar-refractivity contribution is 6.55. The minimum absolute atomic E-state index is 0.0271. The zero-order valence-electron chi connectivity index (χ0n) is 7.80. The number of hydrogen-bond acceptors (Lipinski definition) is 4. The first kappa shape index (κ1) is 12.6. The second-order valence-corrected chi connectivity index (χ2v) is 4.54. The van der Waals surface area contributed by atoms with Crippen molar-refractivity contribution >= 4 is 58.1 Å². The highest BCUT2D eigenvalue weighted by Crippen LogP contribution is 2.43. The summed E-state index contributed by atoms with van der Waals surface area (Å²) in [6, 6.07) is 0. The van der Waals surface area contributed by atoms with Gasteiger partial charge in [-0.1, -0.05) is 56.7 Å². The van der Waals surface area contributed by atoms with Crippen LogP contribution in [-0.4, -0.2) is 22.1 Å². The first-order chi connectivity index (χ1) is 8.02. The van der Waals surface area contributed by atoms with Gasteiger partial charge in [-0.05, 0) is 0 Å². The number of halogens is 4. The largest absolute Gasteiger partial charge is 0.409 e. The van der Waals surface area contributed by atoms with Crippen molar-refractivity contribution in [3.05, 3.63) is 31.2 Å². The normalized spacial score (nSPS) is 18.6. The maximum Gasteiger partial charge on any atom is 0.180 e. The van der Waals surface area contributed by atoms with Gasteiger partial charge in [0.05, 0.1) is 31.2 Å². The average Bonchev–Trinajstić information content (AvgIpc) is 2.72. The lowest BCUT2D eigenvalue weighted by Gasteiger charge is -2.07. The fourth-order valence-corrected chi connectivity index (χ4v) is 2.50. The molecule has 1 aromatic carbocycles. The highest BCUT2D eigenvalue weighted by Gasteiger charge is 2.33. The van der Waals surface area contributed by atoms with E-state index in [0.29, 0.717) is 0 Å². The molecule has 0 radical (unpaired) electrons. The van der Waals surface area contributed by atoms with Crippen molar-refractivity contribution < 1.29 is 10.4 Å². The maximum atomic E-state index is 8.81. The summed E-state index contributed by atoms with van der Waals surface area (Å²) in [4.78, 5) is 0. The second kappa shape index (κ2) is 4.42. The molecule has 9 heteroatoms. The Morgan fingerprint density at radius 2 is 1.06 bits per heavy atom. The molecule has 3 N–H and O–H groups in total. The van der Waals surface area contributed by atoms with Gasteiger partial charge in [0.25, 0.3) is 0 Å². The Labute approximate surface area is 115 Å². The van der Waals surface area contributed by atoms with Crippen molar-refractivity contribution in [3.8, 4) is 0 Å². The van der Waals surface area contributed by atoms with E-state index in [-0.39, 0.29) is 42.9 Å². The van der Waals surface area contributed by atoms with Crippen LogP contribution >= 0.6 is 46.4 Å². The maximum absolute atomic E-state index is 8.81. The molecular formula is C8H3Cl4N3O2. The Morgan fingerprint density at radius 3 is 1.35 bits per heavy atom. The van der Waals surface area contributed by atoms with Crippen LogP contribution in [0.15, 0.2) is 10.3 Å². The molecule has 1 heterocycles. The van der Waals surface area contributed by atoms with Gasteiger partial charge in [0.1, 0.15) is 0 Å². The molecule has 0 fully saturated rings. The molecule has 2 rings (SSSR count). The van der Waals surface area contributed by atoms with E-state index in [1.54, 1.807) is 0 Å². The number of fused-ring (bicyclic) bond motifs is 1. The van der Waals surface area contributed by atoms with Crippen molar-refractivity contribution in [3.63, 3.8) is 0 Å². The molecule has 0 saturated heterocycles. The highest BCUT2D eigenvalue weighted by atomic mass is 35.5. The molecule has 1 aliphatic heterocycles. The third-order valence-corrected chi connectivity index (χ3v) is 3.98. The summed E-state index contributed by atoms with van der Waals surface area (Å²) < 4.78 is 0. The fraction of sp³-hybridized carbons (Fsp3) is 0. The lowest BCUT2D eigenvalue weighted by Crippen LogP contribution is -2.22.